The van der Waals surface area contributed by atoms with Gasteiger partial charge in [0.25, 0.3) is 5.91 Å². The van der Waals surface area contributed by atoms with Gasteiger partial charge >= 0.3 is 0 Å². The van der Waals surface area contributed by atoms with E-state index in [1.54, 1.807) is 6.20 Å². The molecule has 0 bridgehead atoms. The highest BCUT2D eigenvalue weighted by molar-refractivity contribution is 6.07. The highest BCUT2D eigenvalue weighted by Gasteiger charge is 2.20. The van der Waals surface area contributed by atoms with Crippen LogP contribution in [-0.4, -0.2) is 37.0 Å². The zero-order valence-corrected chi connectivity index (χ0v) is 18.5. The van der Waals surface area contributed by atoms with E-state index >= 15 is 0 Å². The van der Waals surface area contributed by atoms with Crippen LogP contribution in [0.1, 0.15) is 35.5 Å². The van der Waals surface area contributed by atoms with Crippen LogP contribution in [0.4, 0.5) is 0 Å². The van der Waals surface area contributed by atoms with Crippen LogP contribution in [0.5, 0.6) is 0 Å². The SMILES string of the molecule is CCn1nc(C)c2c(C(=O)NCC(C)Cn3cccn3)cc(-c3ccc(C)cc3)nc21. The molecule has 4 rings (SSSR count). The second-order valence-electron chi connectivity index (χ2n) is 8.06. The molecule has 0 saturated carbocycles. The molecular weight excluding hydrogens is 388 g/mol. The number of fused-ring (bicyclic) bond motifs is 1. The fraction of sp³-hybridized carbons (Fsp3) is 0.333. The van der Waals surface area contributed by atoms with Crippen LogP contribution in [-0.2, 0) is 13.1 Å². The number of aromatic nitrogens is 5. The lowest BCUT2D eigenvalue weighted by molar-refractivity contribution is 0.0948. The monoisotopic (exact) mass is 416 g/mol. The van der Waals surface area contributed by atoms with Gasteiger partial charge in [0.15, 0.2) is 5.65 Å². The molecule has 1 N–H and O–H groups in total. The van der Waals surface area contributed by atoms with Gasteiger partial charge in [0.05, 0.1) is 22.3 Å². The highest BCUT2D eigenvalue weighted by atomic mass is 16.1. The first-order valence-electron chi connectivity index (χ1n) is 10.7. The van der Waals surface area contributed by atoms with Crippen LogP contribution in [0.3, 0.4) is 0 Å². The summed E-state index contributed by atoms with van der Waals surface area (Å²) in [5, 5.41) is 12.8. The smallest absolute Gasteiger partial charge is 0.252 e. The predicted molar refractivity (Wildman–Crippen MR) is 122 cm³/mol. The quantitative estimate of drug-likeness (QED) is 0.494. The molecule has 0 aliphatic carbocycles. The van der Waals surface area contributed by atoms with Crippen molar-refractivity contribution in [3.8, 4) is 11.3 Å². The third-order valence-electron chi connectivity index (χ3n) is 5.44. The Morgan fingerprint density at radius 2 is 1.97 bits per heavy atom. The van der Waals surface area contributed by atoms with E-state index in [4.69, 9.17) is 4.98 Å². The molecule has 0 radical (unpaired) electrons. The Hall–Kier alpha value is -3.48. The van der Waals surface area contributed by atoms with Gasteiger partial charge in [-0.15, -0.1) is 0 Å². The third-order valence-corrected chi connectivity index (χ3v) is 5.44. The summed E-state index contributed by atoms with van der Waals surface area (Å²) in [6.45, 7) is 10.1. The molecular formula is C24H28N6O. The van der Waals surface area contributed by atoms with Crippen molar-refractivity contribution in [3.05, 3.63) is 65.6 Å². The molecule has 160 valence electrons. The van der Waals surface area contributed by atoms with Crippen molar-refractivity contribution in [1.82, 2.24) is 29.9 Å². The second-order valence-corrected chi connectivity index (χ2v) is 8.06. The molecule has 31 heavy (non-hydrogen) atoms. The molecule has 7 nitrogen and oxygen atoms in total. The number of benzene rings is 1. The average Bonchev–Trinajstić information content (AvgIpc) is 3.39. The number of carbonyl (C=O) groups is 1. The molecule has 0 fully saturated rings. The minimum absolute atomic E-state index is 0.105. The molecule has 0 saturated heterocycles. The van der Waals surface area contributed by atoms with Crippen molar-refractivity contribution >= 4 is 16.9 Å². The van der Waals surface area contributed by atoms with Gasteiger partial charge in [0, 0.05) is 37.6 Å². The lowest BCUT2D eigenvalue weighted by Gasteiger charge is -2.14. The summed E-state index contributed by atoms with van der Waals surface area (Å²) in [4.78, 5) is 18.1. The van der Waals surface area contributed by atoms with E-state index in [1.807, 2.05) is 53.7 Å². The normalized spacial score (nSPS) is 12.3. The maximum Gasteiger partial charge on any atom is 0.252 e. The van der Waals surface area contributed by atoms with Crippen molar-refractivity contribution in [1.29, 1.82) is 0 Å². The topological polar surface area (TPSA) is 77.6 Å². The molecule has 3 heterocycles. The van der Waals surface area contributed by atoms with Gasteiger partial charge in [0.2, 0.25) is 0 Å². The van der Waals surface area contributed by atoms with Gasteiger partial charge in [0.1, 0.15) is 0 Å². The summed E-state index contributed by atoms with van der Waals surface area (Å²) in [6.07, 6.45) is 3.70. The molecule has 7 heteroatoms. The molecule has 3 aromatic heterocycles. The van der Waals surface area contributed by atoms with Gasteiger partial charge in [-0.25, -0.2) is 9.67 Å². The number of nitrogens with zero attached hydrogens (tertiary/aromatic N) is 5. The van der Waals surface area contributed by atoms with Crippen LogP contribution in [0.15, 0.2) is 48.8 Å². The standard InChI is InChI=1S/C24H28N6O/c1-5-30-23-22(18(4)28-30)20(13-21(27-23)19-9-7-16(2)8-10-19)24(31)25-14-17(3)15-29-12-6-11-26-29/h6-13,17H,5,14-15H2,1-4H3,(H,25,31). The van der Waals surface area contributed by atoms with Gasteiger partial charge in [-0.05, 0) is 38.8 Å². The summed E-state index contributed by atoms with van der Waals surface area (Å²) in [5.41, 5.74) is 5.11. The minimum Gasteiger partial charge on any atom is -0.352 e. The number of hydrogen-bond donors (Lipinski definition) is 1. The molecule has 1 unspecified atom stereocenters. The number of carbonyl (C=O) groups excluding carboxylic acids is 1. The third kappa shape index (κ3) is 4.35. The number of aryl methyl sites for hydroxylation is 3. The van der Waals surface area contributed by atoms with Crippen LogP contribution >= 0.6 is 0 Å². The maximum atomic E-state index is 13.3. The van der Waals surface area contributed by atoms with E-state index in [-0.39, 0.29) is 11.8 Å². The van der Waals surface area contributed by atoms with Crippen LogP contribution in [0.2, 0.25) is 0 Å². The van der Waals surface area contributed by atoms with Crippen molar-refractivity contribution in [2.24, 2.45) is 5.92 Å². The first kappa shape index (κ1) is 20.8. The van der Waals surface area contributed by atoms with Crippen LogP contribution in [0, 0.1) is 19.8 Å². The Morgan fingerprint density at radius 1 is 1.19 bits per heavy atom. The molecule has 4 aromatic rings. The van der Waals surface area contributed by atoms with E-state index in [0.29, 0.717) is 18.7 Å². The predicted octanol–water partition coefficient (Wildman–Crippen LogP) is 4.00. The van der Waals surface area contributed by atoms with Gasteiger partial charge in [-0.1, -0.05) is 36.8 Å². The second kappa shape index (κ2) is 8.71. The number of amides is 1. The molecule has 1 amide bonds. The van der Waals surface area contributed by atoms with Crippen molar-refractivity contribution in [2.45, 2.75) is 40.8 Å². The van der Waals surface area contributed by atoms with Crippen molar-refractivity contribution < 1.29 is 4.79 Å². The van der Waals surface area contributed by atoms with E-state index in [1.165, 1.54) is 5.56 Å². The Labute approximate surface area is 182 Å². The number of hydrogen-bond acceptors (Lipinski definition) is 4. The Bertz CT molecular complexity index is 1190. The largest absolute Gasteiger partial charge is 0.352 e. The summed E-state index contributed by atoms with van der Waals surface area (Å²) in [6, 6.07) is 12.0. The number of rotatable bonds is 7. The van der Waals surface area contributed by atoms with E-state index in [2.05, 4.69) is 41.5 Å². The van der Waals surface area contributed by atoms with Crippen LogP contribution < -0.4 is 5.32 Å². The van der Waals surface area contributed by atoms with Crippen LogP contribution in [0.25, 0.3) is 22.3 Å². The molecule has 1 aromatic carbocycles. The molecule has 0 aliphatic heterocycles. The van der Waals surface area contributed by atoms with Gasteiger partial charge in [-0.3, -0.25) is 9.48 Å². The first-order chi connectivity index (χ1) is 15.0. The Kier molecular flexibility index (Phi) is 5.84. The summed E-state index contributed by atoms with van der Waals surface area (Å²) in [5.74, 6) is 0.143. The summed E-state index contributed by atoms with van der Waals surface area (Å²) in [7, 11) is 0. The van der Waals surface area contributed by atoms with E-state index in [0.717, 1.165) is 34.5 Å². The maximum absolute atomic E-state index is 13.3. The van der Waals surface area contributed by atoms with Gasteiger partial charge in [-0.2, -0.15) is 10.2 Å². The van der Waals surface area contributed by atoms with Gasteiger partial charge < -0.3 is 5.32 Å². The number of nitrogens with one attached hydrogen (secondary N) is 1. The first-order valence-corrected chi connectivity index (χ1v) is 10.7. The number of pyridine rings is 1. The zero-order valence-electron chi connectivity index (χ0n) is 18.5. The van der Waals surface area contributed by atoms with E-state index in [9.17, 15) is 4.79 Å². The molecule has 1 atom stereocenters. The summed E-state index contributed by atoms with van der Waals surface area (Å²) < 4.78 is 3.74. The summed E-state index contributed by atoms with van der Waals surface area (Å²) >= 11 is 0. The zero-order chi connectivity index (χ0) is 22.0. The van der Waals surface area contributed by atoms with Crippen molar-refractivity contribution in [3.63, 3.8) is 0 Å². The average molecular weight is 417 g/mol. The molecule has 0 aliphatic rings. The Balaban J connectivity index is 1.67. The highest BCUT2D eigenvalue weighted by Crippen LogP contribution is 2.27. The molecule has 0 spiro atoms. The lowest BCUT2D eigenvalue weighted by Crippen LogP contribution is -2.30. The fourth-order valence-electron chi connectivity index (χ4n) is 3.78. The minimum atomic E-state index is -0.105. The Morgan fingerprint density at radius 3 is 2.65 bits per heavy atom. The fourth-order valence-corrected chi connectivity index (χ4v) is 3.78. The van der Waals surface area contributed by atoms with Crippen molar-refractivity contribution in [2.75, 3.05) is 6.54 Å². The van der Waals surface area contributed by atoms with E-state index < -0.39 is 0 Å². The lowest BCUT2D eigenvalue weighted by atomic mass is 10.0.